The Morgan fingerprint density at radius 3 is 2.85 bits per heavy atom. The van der Waals surface area contributed by atoms with Crippen LogP contribution in [0.25, 0.3) is 10.9 Å². The lowest BCUT2D eigenvalue weighted by atomic mass is 10.1. The molecule has 0 aliphatic rings. The first kappa shape index (κ1) is 8.29. The van der Waals surface area contributed by atoms with E-state index in [-0.39, 0.29) is 6.61 Å². The Bertz CT molecular complexity index is 420. The standard InChI is InChI=1S/C10H11NO2/c1-7-8-4-2-3-5-9(8)11-10(7)6-13-12/h2-5,11-12H,6H2,1H3. The molecule has 2 aromatic rings. The SMILES string of the molecule is Cc1c(COO)[nH]c2ccccc12. The molecule has 1 aromatic heterocycles. The number of para-hydroxylation sites is 1. The lowest BCUT2D eigenvalue weighted by Gasteiger charge is -1.94. The molecule has 0 saturated heterocycles. The van der Waals surface area contributed by atoms with Crippen molar-refractivity contribution in [1.82, 2.24) is 4.98 Å². The topological polar surface area (TPSA) is 45.2 Å². The van der Waals surface area contributed by atoms with Gasteiger partial charge in [-0.2, -0.15) is 0 Å². The van der Waals surface area contributed by atoms with Gasteiger partial charge in [-0.1, -0.05) is 18.2 Å². The second-order valence-electron chi connectivity index (χ2n) is 3.05. The minimum absolute atomic E-state index is 0.209. The van der Waals surface area contributed by atoms with Gasteiger partial charge in [-0.15, -0.1) is 0 Å². The Balaban J connectivity index is 2.60. The largest absolute Gasteiger partial charge is 0.356 e. The maximum atomic E-state index is 8.35. The van der Waals surface area contributed by atoms with Gasteiger partial charge in [0.25, 0.3) is 0 Å². The number of aromatic amines is 1. The molecule has 0 atom stereocenters. The fourth-order valence-electron chi connectivity index (χ4n) is 1.55. The zero-order valence-electron chi connectivity index (χ0n) is 7.37. The van der Waals surface area contributed by atoms with Crippen LogP contribution in [0.15, 0.2) is 24.3 Å². The highest BCUT2D eigenvalue weighted by atomic mass is 17.1. The van der Waals surface area contributed by atoms with E-state index in [0.29, 0.717) is 0 Å². The maximum Gasteiger partial charge on any atom is 0.122 e. The number of rotatable bonds is 2. The number of H-pyrrole nitrogens is 1. The Hall–Kier alpha value is -1.32. The Morgan fingerprint density at radius 1 is 1.38 bits per heavy atom. The van der Waals surface area contributed by atoms with Gasteiger partial charge in [-0.3, -0.25) is 5.26 Å². The summed E-state index contributed by atoms with van der Waals surface area (Å²) in [4.78, 5) is 7.29. The lowest BCUT2D eigenvalue weighted by Crippen LogP contribution is -1.89. The molecule has 1 aromatic carbocycles. The van der Waals surface area contributed by atoms with Crippen molar-refractivity contribution in [2.75, 3.05) is 0 Å². The minimum Gasteiger partial charge on any atom is -0.356 e. The number of aromatic nitrogens is 1. The van der Waals surface area contributed by atoms with Crippen LogP contribution in [-0.2, 0) is 11.5 Å². The fourth-order valence-corrected chi connectivity index (χ4v) is 1.55. The molecule has 1 heterocycles. The molecule has 0 aliphatic heterocycles. The van der Waals surface area contributed by atoms with Gasteiger partial charge < -0.3 is 4.98 Å². The molecule has 0 spiro atoms. The molecular formula is C10H11NO2. The van der Waals surface area contributed by atoms with Crippen LogP contribution in [0.4, 0.5) is 0 Å². The van der Waals surface area contributed by atoms with Crippen LogP contribution < -0.4 is 0 Å². The van der Waals surface area contributed by atoms with Crippen molar-refractivity contribution in [3.8, 4) is 0 Å². The number of aryl methyl sites for hydroxylation is 1. The first-order chi connectivity index (χ1) is 6.33. The molecule has 0 bridgehead atoms. The molecule has 0 amide bonds. The number of hydrogen-bond acceptors (Lipinski definition) is 2. The monoisotopic (exact) mass is 177 g/mol. The second kappa shape index (κ2) is 3.20. The van der Waals surface area contributed by atoms with E-state index in [2.05, 4.69) is 9.87 Å². The molecule has 3 heteroatoms. The van der Waals surface area contributed by atoms with Crippen LogP contribution in [0.3, 0.4) is 0 Å². The first-order valence-corrected chi connectivity index (χ1v) is 4.15. The van der Waals surface area contributed by atoms with Crippen molar-refractivity contribution in [2.45, 2.75) is 13.5 Å². The van der Waals surface area contributed by atoms with E-state index in [9.17, 15) is 0 Å². The van der Waals surface area contributed by atoms with E-state index in [0.717, 1.165) is 16.8 Å². The van der Waals surface area contributed by atoms with E-state index in [1.165, 1.54) is 5.39 Å². The number of fused-ring (bicyclic) bond motifs is 1. The summed E-state index contributed by atoms with van der Waals surface area (Å²) >= 11 is 0. The average Bonchev–Trinajstić information content (AvgIpc) is 2.46. The summed E-state index contributed by atoms with van der Waals surface area (Å²) in [5.74, 6) is 0. The number of hydrogen-bond donors (Lipinski definition) is 2. The Morgan fingerprint density at radius 2 is 2.15 bits per heavy atom. The molecule has 3 nitrogen and oxygen atoms in total. The summed E-state index contributed by atoms with van der Waals surface area (Å²) in [6.45, 7) is 2.22. The predicted molar refractivity (Wildman–Crippen MR) is 50.5 cm³/mol. The van der Waals surface area contributed by atoms with Crippen molar-refractivity contribution >= 4 is 10.9 Å². The summed E-state index contributed by atoms with van der Waals surface area (Å²) in [7, 11) is 0. The van der Waals surface area contributed by atoms with Crippen LogP contribution in [0.1, 0.15) is 11.3 Å². The van der Waals surface area contributed by atoms with Crippen LogP contribution in [0.2, 0.25) is 0 Å². The summed E-state index contributed by atoms with van der Waals surface area (Å²) < 4.78 is 0. The summed E-state index contributed by atoms with van der Waals surface area (Å²) in [6.07, 6.45) is 0. The quantitative estimate of drug-likeness (QED) is 0.546. The molecule has 0 unspecified atom stereocenters. The number of nitrogens with one attached hydrogen (secondary N) is 1. The van der Waals surface area contributed by atoms with Gasteiger partial charge >= 0.3 is 0 Å². The van der Waals surface area contributed by atoms with Gasteiger partial charge in [-0.05, 0) is 18.6 Å². The molecule has 0 saturated carbocycles. The molecule has 0 radical (unpaired) electrons. The summed E-state index contributed by atoms with van der Waals surface area (Å²) in [5, 5.41) is 9.52. The third-order valence-corrected chi connectivity index (χ3v) is 2.28. The first-order valence-electron chi connectivity index (χ1n) is 4.15. The molecular weight excluding hydrogens is 166 g/mol. The van der Waals surface area contributed by atoms with Crippen LogP contribution in [-0.4, -0.2) is 10.2 Å². The van der Waals surface area contributed by atoms with Crippen molar-refractivity contribution < 1.29 is 10.1 Å². The zero-order chi connectivity index (χ0) is 9.26. The van der Waals surface area contributed by atoms with Crippen molar-refractivity contribution in [2.24, 2.45) is 0 Å². The summed E-state index contributed by atoms with van der Waals surface area (Å²) in [5.41, 5.74) is 3.13. The van der Waals surface area contributed by atoms with Gasteiger partial charge in [0, 0.05) is 16.6 Å². The van der Waals surface area contributed by atoms with Gasteiger partial charge in [0.2, 0.25) is 0 Å². The third-order valence-electron chi connectivity index (χ3n) is 2.28. The highest BCUT2D eigenvalue weighted by Crippen LogP contribution is 2.21. The third kappa shape index (κ3) is 1.32. The number of benzene rings is 1. The van der Waals surface area contributed by atoms with Crippen molar-refractivity contribution in [3.05, 3.63) is 35.5 Å². The average molecular weight is 177 g/mol. The van der Waals surface area contributed by atoms with Crippen LogP contribution in [0, 0.1) is 6.92 Å². The van der Waals surface area contributed by atoms with Gasteiger partial charge in [0.05, 0.1) is 0 Å². The smallest absolute Gasteiger partial charge is 0.122 e. The van der Waals surface area contributed by atoms with E-state index >= 15 is 0 Å². The Kier molecular flexibility index (Phi) is 2.04. The molecule has 68 valence electrons. The van der Waals surface area contributed by atoms with E-state index in [1.807, 2.05) is 31.2 Å². The van der Waals surface area contributed by atoms with Crippen LogP contribution in [0.5, 0.6) is 0 Å². The van der Waals surface area contributed by atoms with Gasteiger partial charge in [0.15, 0.2) is 0 Å². The highest BCUT2D eigenvalue weighted by Gasteiger charge is 2.05. The molecule has 0 aliphatic carbocycles. The fraction of sp³-hybridized carbons (Fsp3) is 0.200. The van der Waals surface area contributed by atoms with E-state index < -0.39 is 0 Å². The predicted octanol–water partition coefficient (Wildman–Crippen LogP) is 2.47. The van der Waals surface area contributed by atoms with Gasteiger partial charge in [0.1, 0.15) is 6.61 Å². The highest BCUT2D eigenvalue weighted by molar-refractivity contribution is 5.84. The normalized spacial score (nSPS) is 10.9. The molecule has 2 rings (SSSR count). The Labute approximate surface area is 75.9 Å². The van der Waals surface area contributed by atoms with Crippen molar-refractivity contribution in [3.63, 3.8) is 0 Å². The lowest BCUT2D eigenvalue weighted by molar-refractivity contribution is -0.253. The molecule has 2 N–H and O–H groups in total. The molecule has 0 fully saturated rings. The zero-order valence-corrected chi connectivity index (χ0v) is 7.37. The van der Waals surface area contributed by atoms with Crippen LogP contribution >= 0.6 is 0 Å². The second-order valence-corrected chi connectivity index (χ2v) is 3.05. The summed E-state index contributed by atoms with van der Waals surface area (Å²) in [6, 6.07) is 8.01. The van der Waals surface area contributed by atoms with Gasteiger partial charge in [-0.25, -0.2) is 4.89 Å². The van der Waals surface area contributed by atoms with E-state index in [1.54, 1.807) is 0 Å². The van der Waals surface area contributed by atoms with E-state index in [4.69, 9.17) is 5.26 Å². The molecule has 13 heavy (non-hydrogen) atoms. The minimum atomic E-state index is 0.209. The van der Waals surface area contributed by atoms with Crippen molar-refractivity contribution in [1.29, 1.82) is 0 Å². The maximum absolute atomic E-state index is 8.35.